The number of imidazole rings is 3. The van der Waals surface area contributed by atoms with Gasteiger partial charge >= 0.3 is 0 Å². The van der Waals surface area contributed by atoms with E-state index < -0.39 is 21.8 Å². The number of fused-ring (bicyclic) bond motifs is 3. The number of likely N-dealkylation sites (N-methyl/N-ethyl adjacent to an activating group) is 7. The molecule has 6 aromatic carbocycles. The Morgan fingerprint density at radius 2 is 0.794 bits per heavy atom. The Kier molecular flexibility index (Phi) is 34.7. The highest BCUT2D eigenvalue weighted by Gasteiger charge is 2.27. The van der Waals surface area contributed by atoms with Crippen LogP contribution in [0.4, 0.5) is 82.2 Å². The van der Waals surface area contributed by atoms with E-state index in [1.165, 1.54) is 42.4 Å². The van der Waals surface area contributed by atoms with Crippen molar-refractivity contribution in [3.8, 4) is 51.0 Å². The predicted octanol–water partition coefficient (Wildman–Crippen LogP) is 16.5. The molecule has 0 aliphatic carbocycles. The fourth-order valence-electron chi connectivity index (χ4n) is 14.0. The van der Waals surface area contributed by atoms with Crippen molar-refractivity contribution >= 4 is 125 Å². The second-order valence-corrected chi connectivity index (χ2v) is 31.3. The van der Waals surface area contributed by atoms with Gasteiger partial charge in [0.2, 0.25) is 29.0 Å². The van der Waals surface area contributed by atoms with Gasteiger partial charge in [-0.1, -0.05) is 13.2 Å². The number of nitro benzene ring substituents is 1. The number of carbonyl (C=O) groups excluding carboxylic acids is 2. The number of ether oxygens (including phenoxy) is 3. The van der Waals surface area contributed by atoms with E-state index in [2.05, 4.69) is 129 Å². The Balaban J connectivity index is 0.000000225. The molecule has 0 radical (unpaired) electrons. The summed E-state index contributed by atoms with van der Waals surface area (Å²) in [6.07, 6.45) is 7.13. The minimum absolute atomic E-state index is 0.0828. The van der Waals surface area contributed by atoms with Crippen molar-refractivity contribution in [2.45, 2.75) is 80.4 Å². The zero-order chi connectivity index (χ0) is 93.0. The first-order valence-corrected chi connectivity index (χ1v) is 40.8. The Bertz CT molecular complexity index is 5840. The van der Waals surface area contributed by atoms with Crippen LogP contribution in [-0.2, 0) is 9.59 Å². The molecule has 6 heterocycles. The molecule has 12 aromatic rings. The fourth-order valence-corrected chi connectivity index (χ4v) is 14.0. The van der Waals surface area contributed by atoms with Gasteiger partial charge in [-0.25, -0.2) is 58.0 Å². The van der Waals surface area contributed by atoms with Crippen LogP contribution in [0.2, 0.25) is 0 Å². The van der Waals surface area contributed by atoms with Crippen LogP contribution in [0.1, 0.15) is 77.1 Å². The summed E-state index contributed by atoms with van der Waals surface area (Å²) >= 11 is 4.71. The normalized spacial score (nSPS) is 11.1. The number of aliphatic hydroxyl groups is 1. The van der Waals surface area contributed by atoms with Crippen molar-refractivity contribution in [1.82, 2.24) is 73.3 Å². The van der Waals surface area contributed by atoms with E-state index in [0.717, 1.165) is 86.0 Å². The minimum atomic E-state index is -0.509. The van der Waals surface area contributed by atoms with Gasteiger partial charge in [0.25, 0.3) is 5.69 Å². The number of aromatic nitrogens is 12. The molecule has 126 heavy (non-hydrogen) atoms. The number of allylic oxidation sites excluding steroid dienone is 1. The zero-order valence-corrected chi connectivity index (χ0v) is 77.0. The van der Waals surface area contributed by atoms with E-state index in [1.807, 2.05) is 157 Å². The maximum atomic E-state index is 15.2. The number of hydrogen-bond donors (Lipinski definition) is 5. The number of nitro groups is 1. The molecule has 672 valence electrons. The van der Waals surface area contributed by atoms with Gasteiger partial charge in [0.05, 0.1) is 99.7 Å². The highest BCUT2D eigenvalue weighted by Crippen LogP contribution is 2.44. The van der Waals surface area contributed by atoms with Gasteiger partial charge in [-0.2, -0.15) is 0 Å². The lowest BCUT2D eigenvalue weighted by molar-refractivity contribution is -0.384. The van der Waals surface area contributed by atoms with Crippen molar-refractivity contribution in [1.29, 1.82) is 0 Å². The number of nitrogens with zero attached hydrogens (tertiary/aromatic N) is 20. The van der Waals surface area contributed by atoms with Crippen LogP contribution < -0.4 is 55.1 Å². The zero-order valence-electron chi connectivity index (χ0n) is 76.2. The summed E-state index contributed by atoms with van der Waals surface area (Å²) < 4.78 is 68.2. The molecule has 32 nitrogen and oxygen atoms in total. The first kappa shape index (κ1) is 98.3. The number of anilines is 11. The van der Waals surface area contributed by atoms with E-state index in [1.54, 1.807) is 71.2 Å². The maximum absolute atomic E-state index is 15.2. The van der Waals surface area contributed by atoms with Gasteiger partial charge < -0.3 is 88.6 Å². The number of amides is 1. The lowest BCUT2D eigenvalue weighted by Crippen LogP contribution is -2.31. The number of hydrogen-bond acceptors (Lipinski definition) is 27. The molecule has 0 unspecified atom stereocenters. The van der Waals surface area contributed by atoms with E-state index in [-0.39, 0.29) is 47.4 Å². The van der Waals surface area contributed by atoms with Crippen LogP contribution in [-0.4, -0.2) is 240 Å². The topological polar surface area (TPSA) is 327 Å². The summed E-state index contributed by atoms with van der Waals surface area (Å²) in [6, 6.07) is 26.3. The third-order valence-electron chi connectivity index (χ3n) is 20.2. The largest absolute Gasteiger partial charge is 0.494 e. The van der Waals surface area contributed by atoms with Crippen molar-refractivity contribution in [2.24, 2.45) is 0 Å². The summed E-state index contributed by atoms with van der Waals surface area (Å²) in [7, 11) is 27.1. The average Bonchev–Trinajstić information content (AvgIpc) is 1.61. The molecule has 0 saturated carbocycles. The molecular weight excluding hydrogens is 1640 g/mol. The van der Waals surface area contributed by atoms with Crippen LogP contribution >= 0.6 is 11.6 Å². The first-order valence-electron chi connectivity index (χ1n) is 40.4. The quantitative estimate of drug-likeness (QED) is 0.0113. The number of halogens is 4. The molecule has 12 rings (SSSR count). The molecule has 0 spiro atoms. The molecule has 36 heteroatoms. The number of methoxy groups -OCH3 is 3. The Labute approximate surface area is 738 Å². The van der Waals surface area contributed by atoms with Crippen LogP contribution in [0.25, 0.3) is 66.9 Å². The van der Waals surface area contributed by atoms with Crippen LogP contribution in [0.15, 0.2) is 135 Å². The standard InChI is InChI=1S/C31H39FN8O2.C28H37FN8O.C27H33FN8O3.C3H3ClO.CH4O/c1-10-29(41)39(8)26-17-24(28(42-9)18-25(26)38(7)14-13-37(5)6)36-31-33-12-11-23(35-31)21-15-22(32)30-27(16-21)40(19(2)3)20(4)34-30;1-17(2)37-18(3)32-27-20(29)13-19(14-25(27)37)21-9-10-31-28(33-21)34-23-15-22(30-4)24(16-26(23)38-8)36(7)12-11-35(5)6;1-16(2)35-17(3)30-26-19(28)12-18(13-24(26)35)20-8-9-29-27(31-20)32-21-14-23(36(37)38)22(15-25(21)39-7)34(6)11-10-33(4)5;1-2-3(4)5;1-2/h10-12,15-19H,1,13-14H2,2-9H3,(H,33,35,36);9-10,13-17,30H,11-12H2,1-8H3,(H,31,33,34);8-9,12-16H,10-11H2,1-7H3,(H,29,31,32);2H,1H2;2H,1H3. The molecule has 6 aromatic heterocycles. The van der Waals surface area contributed by atoms with Crippen molar-refractivity contribution in [3.63, 3.8) is 0 Å². The van der Waals surface area contributed by atoms with Gasteiger partial charge in [0.1, 0.15) is 57.0 Å². The Morgan fingerprint density at radius 3 is 1.10 bits per heavy atom. The van der Waals surface area contributed by atoms with Crippen molar-refractivity contribution < 1.29 is 47.0 Å². The second-order valence-electron chi connectivity index (χ2n) is 31.0. The third kappa shape index (κ3) is 24.1. The van der Waals surface area contributed by atoms with Crippen LogP contribution in [0, 0.1) is 48.3 Å². The Hall–Kier alpha value is -13.1. The smallest absolute Gasteiger partial charge is 0.294 e. The number of aryl methyl sites for hydroxylation is 3. The van der Waals surface area contributed by atoms with Crippen LogP contribution in [0.3, 0.4) is 0 Å². The SMILES string of the molecule is C=CC(=O)Cl.C=CC(=O)N(C)c1cc(Nc2nccc(-c3cc(F)c4nc(C)n(C(C)C)c4c3)n2)c(OC)cc1N(C)CCN(C)C.CNc1cc(Nc2nccc(-c3cc(F)c4nc(C)n(C(C)C)c4c3)n2)c(OC)cc1N(C)CCN(C)C.CO.COc1cc(N(C)CCN(C)C)c([N+](=O)[O-])cc1Nc1nccc(-c2cc(F)c3nc(C)n(C(C)C)c3c2)n1. The highest BCUT2D eigenvalue weighted by molar-refractivity contribution is 6.66. The van der Waals surface area contributed by atoms with E-state index in [9.17, 15) is 19.7 Å². The number of aliphatic hydroxyl groups excluding tert-OH is 1. The van der Waals surface area contributed by atoms with E-state index >= 15 is 13.2 Å². The van der Waals surface area contributed by atoms with Crippen LogP contribution in [0.5, 0.6) is 17.2 Å². The lowest BCUT2D eigenvalue weighted by atomic mass is 10.1. The lowest BCUT2D eigenvalue weighted by Gasteiger charge is -2.29. The summed E-state index contributed by atoms with van der Waals surface area (Å²) in [5, 5.41) is 31.3. The fraction of sp³-hybridized carbons (Fsp3) is 0.367. The number of rotatable bonds is 32. The molecule has 1 amide bonds. The minimum Gasteiger partial charge on any atom is -0.494 e. The van der Waals surface area contributed by atoms with Gasteiger partial charge in [0, 0.05) is 159 Å². The molecule has 0 saturated heterocycles. The number of nitrogens with one attached hydrogen (secondary N) is 4. The monoisotopic (exact) mass is 1750 g/mol. The summed E-state index contributed by atoms with van der Waals surface area (Å²) in [5.74, 6) is 3.23. The predicted molar refractivity (Wildman–Crippen MR) is 501 cm³/mol. The summed E-state index contributed by atoms with van der Waals surface area (Å²) in [6.45, 7) is 29.2. The highest BCUT2D eigenvalue weighted by atomic mass is 35.5. The summed E-state index contributed by atoms with van der Waals surface area (Å²) in [5.41, 5.74) is 12.0. The van der Waals surface area contributed by atoms with Crippen molar-refractivity contribution in [3.05, 3.63) is 180 Å². The second kappa shape index (κ2) is 44.5. The average molecular weight is 1750 g/mol. The molecule has 0 bridgehead atoms. The van der Waals surface area contributed by atoms with Crippen molar-refractivity contribution in [2.75, 3.05) is 186 Å². The molecule has 5 N–H and O–H groups in total. The van der Waals surface area contributed by atoms with Gasteiger partial charge in [-0.05, 0) is 195 Å². The number of carbonyl (C=O) groups is 2. The first-order chi connectivity index (χ1) is 59.8. The molecule has 0 fully saturated rings. The van der Waals surface area contributed by atoms with Gasteiger partial charge in [0.15, 0.2) is 17.5 Å². The molecule has 0 atom stereocenters. The molecule has 0 aliphatic heterocycles. The van der Waals surface area contributed by atoms with Gasteiger partial charge in [-0.3, -0.25) is 19.7 Å². The van der Waals surface area contributed by atoms with E-state index in [0.29, 0.717) is 120 Å². The Morgan fingerprint density at radius 1 is 0.476 bits per heavy atom. The molecular formula is C90H116ClF3N24O8. The third-order valence-corrected chi connectivity index (χ3v) is 20.4. The number of benzene rings is 6. The van der Waals surface area contributed by atoms with Gasteiger partial charge in [-0.15, -0.1) is 0 Å². The summed E-state index contributed by atoms with van der Waals surface area (Å²) in [4.78, 5) is 87.7. The van der Waals surface area contributed by atoms with E-state index in [4.69, 9.17) is 35.9 Å². The molecule has 0 aliphatic rings. The maximum Gasteiger partial charge on any atom is 0.294 e.